The Morgan fingerprint density at radius 1 is 1.00 bits per heavy atom. The molecule has 0 spiro atoms. The van der Waals surface area contributed by atoms with Gasteiger partial charge in [-0.05, 0) is 24.6 Å². The van der Waals surface area contributed by atoms with Gasteiger partial charge in [0, 0.05) is 10.5 Å². The van der Waals surface area contributed by atoms with Crippen LogP contribution in [0.2, 0.25) is 0 Å². The molecule has 0 aliphatic carbocycles. The van der Waals surface area contributed by atoms with Gasteiger partial charge in [0.25, 0.3) is 0 Å². The van der Waals surface area contributed by atoms with Crippen LogP contribution >= 0.6 is 15.9 Å². The molecule has 21 heavy (non-hydrogen) atoms. The van der Waals surface area contributed by atoms with Crippen molar-refractivity contribution in [1.82, 2.24) is 0 Å². The van der Waals surface area contributed by atoms with Crippen molar-refractivity contribution < 1.29 is 17.6 Å². The van der Waals surface area contributed by atoms with E-state index < -0.39 is 29.0 Å². The first-order chi connectivity index (χ1) is 9.90. The van der Waals surface area contributed by atoms with E-state index in [1.807, 2.05) is 5.43 Å². The molecule has 0 unspecified atom stereocenters. The minimum Gasteiger partial charge on any atom is -0.272 e. The first-order valence-electron chi connectivity index (χ1n) is 5.79. The van der Waals surface area contributed by atoms with Gasteiger partial charge in [0.15, 0.2) is 23.3 Å². The van der Waals surface area contributed by atoms with Crippen molar-refractivity contribution in [3.8, 4) is 0 Å². The van der Waals surface area contributed by atoms with Gasteiger partial charge in [0.2, 0.25) is 0 Å². The van der Waals surface area contributed by atoms with Crippen LogP contribution in [0.15, 0.2) is 39.9 Å². The molecule has 2 rings (SSSR count). The Balaban J connectivity index is 2.31. The molecule has 0 aromatic heterocycles. The van der Waals surface area contributed by atoms with Crippen LogP contribution in [0.4, 0.5) is 23.2 Å². The van der Waals surface area contributed by atoms with Gasteiger partial charge in [-0.1, -0.05) is 28.1 Å². The summed E-state index contributed by atoms with van der Waals surface area (Å²) >= 11 is 3.27. The fourth-order valence-electron chi connectivity index (χ4n) is 1.57. The molecule has 2 nitrogen and oxygen atoms in total. The molecule has 0 fully saturated rings. The fraction of sp³-hybridized carbons (Fsp3) is 0.0714. The Morgan fingerprint density at radius 2 is 1.52 bits per heavy atom. The Morgan fingerprint density at radius 3 is 2.05 bits per heavy atom. The predicted molar refractivity (Wildman–Crippen MR) is 76.2 cm³/mol. The van der Waals surface area contributed by atoms with Gasteiger partial charge in [0.05, 0.1) is 5.71 Å². The number of hydrogen-bond acceptors (Lipinski definition) is 2. The van der Waals surface area contributed by atoms with E-state index in [1.165, 1.54) is 0 Å². The van der Waals surface area contributed by atoms with E-state index in [1.54, 1.807) is 31.2 Å². The normalized spacial score (nSPS) is 11.6. The standard InChI is InChI=1S/C14H9BrF4N2/c1-7(8-2-4-9(15)5-3-8)20-21-14-12(18)10(16)6-11(17)13(14)19/h2-6,21H,1H3/b20-7+. The Labute approximate surface area is 126 Å². The van der Waals surface area contributed by atoms with Crippen molar-refractivity contribution in [3.63, 3.8) is 0 Å². The molecule has 7 heteroatoms. The number of nitrogens with one attached hydrogen (secondary N) is 1. The second-order valence-corrected chi connectivity index (χ2v) is 5.07. The number of hydrazone groups is 1. The van der Waals surface area contributed by atoms with E-state index in [4.69, 9.17) is 0 Å². The second-order valence-electron chi connectivity index (χ2n) is 4.16. The number of benzene rings is 2. The molecule has 0 bridgehead atoms. The highest BCUT2D eigenvalue weighted by atomic mass is 79.9. The van der Waals surface area contributed by atoms with Crippen molar-refractivity contribution in [2.75, 3.05) is 5.43 Å². The second kappa shape index (κ2) is 6.26. The smallest absolute Gasteiger partial charge is 0.186 e. The van der Waals surface area contributed by atoms with Gasteiger partial charge in [0.1, 0.15) is 5.69 Å². The van der Waals surface area contributed by atoms with E-state index in [2.05, 4.69) is 21.0 Å². The summed E-state index contributed by atoms with van der Waals surface area (Å²) in [6.07, 6.45) is 0. The van der Waals surface area contributed by atoms with E-state index in [9.17, 15) is 17.6 Å². The van der Waals surface area contributed by atoms with Crippen molar-refractivity contribution >= 4 is 27.3 Å². The molecule has 2 aromatic rings. The molecular formula is C14H9BrF4N2. The first kappa shape index (κ1) is 15.5. The van der Waals surface area contributed by atoms with Crippen LogP contribution in [-0.4, -0.2) is 5.71 Å². The van der Waals surface area contributed by atoms with E-state index >= 15 is 0 Å². The molecule has 110 valence electrons. The topological polar surface area (TPSA) is 24.4 Å². The van der Waals surface area contributed by atoms with Gasteiger partial charge < -0.3 is 0 Å². The maximum atomic E-state index is 13.4. The molecule has 0 amide bonds. The van der Waals surface area contributed by atoms with Crippen molar-refractivity contribution in [2.24, 2.45) is 5.10 Å². The maximum absolute atomic E-state index is 13.4. The number of rotatable bonds is 3. The molecule has 1 N–H and O–H groups in total. The summed E-state index contributed by atoms with van der Waals surface area (Å²) < 4.78 is 53.8. The SMILES string of the molecule is C/C(=N\Nc1c(F)c(F)cc(F)c1F)c1ccc(Br)cc1. The molecule has 0 heterocycles. The number of nitrogens with zero attached hydrogens (tertiary/aromatic N) is 1. The highest BCUT2D eigenvalue weighted by molar-refractivity contribution is 9.10. The Hall–Kier alpha value is -1.89. The third-order valence-electron chi connectivity index (χ3n) is 2.71. The molecule has 0 atom stereocenters. The van der Waals surface area contributed by atoms with Crippen LogP contribution in [0.5, 0.6) is 0 Å². The highest BCUT2D eigenvalue weighted by Gasteiger charge is 2.18. The average Bonchev–Trinajstić information content (AvgIpc) is 2.45. The molecular weight excluding hydrogens is 352 g/mol. The summed E-state index contributed by atoms with van der Waals surface area (Å²) in [5.41, 5.74) is 2.13. The maximum Gasteiger partial charge on any atom is 0.186 e. The zero-order valence-electron chi connectivity index (χ0n) is 10.7. The number of hydrogen-bond donors (Lipinski definition) is 1. The van der Waals surface area contributed by atoms with Gasteiger partial charge in [-0.2, -0.15) is 5.10 Å². The quantitative estimate of drug-likeness (QED) is 0.360. The first-order valence-corrected chi connectivity index (χ1v) is 6.58. The summed E-state index contributed by atoms with van der Waals surface area (Å²) in [5, 5.41) is 3.74. The van der Waals surface area contributed by atoms with E-state index in [0.29, 0.717) is 11.3 Å². The van der Waals surface area contributed by atoms with E-state index in [-0.39, 0.29) is 6.07 Å². The van der Waals surface area contributed by atoms with Crippen molar-refractivity contribution in [2.45, 2.75) is 6.92 Å². The van der Waals surface area contributed by atoms with Crippen LogP contribution in [0.1, 0.15) is 12.5 Å². The summed E-state index contributed by atoms with van der Waals surface area (Å²) in [6.45, 7) is 1.59. The van der Waals surface area contributed by atoms with Crippen LogP contribution in [-0.2, 0) is 0 Å². The lowest BCUT2D eigenvalue weighted by Gasteiger charge is -2.07. The van der Waals surface area contributed by atoms with Gasteiger partial charge in [-0.15, -0.1) is 0 Å². The molecule has 0 saturated carbocycles. The third kappa shape index (κ3) is 3.41. The van der Waals surface area contributed by atoms with Crippen molar-refractivity contribution in [3.05, 3.63) is 63.6 Å². The molecule has 0 saturated heterocycles. The predicted octanol–water partition coefficient (Wildman–Crippen LogP) is 4.84. The minimum absolute atomic E-state index is 0.140. The summed E-state index contributed by atoms with van der Waals surface area (Å²) in [7, 11) is 0. The van der Waals surface area contributed by atoms with Crippen molar-refractivity contribution in [1.29, 1.82) is 0 Å². The zero-order valence-corrected chi connectivity index (χ0v) is 12.3. The lowest BCUT2D eigenvalue weighted by atomic mass is 10.1. The Bertz CT molecular complexity index is 673. The van der Waals surface area contributed by atoms with Gasteiger partial charge >= 0.3 is 0 Å². The fourth-order valence-corrected chi connectivity index (χ4v) is 1.83. The summed E-state index contributed by atoms with van der Waals surface area (Å²) in [4.78, 5) is 0. The van der Waals surface area contributed by atoms with Gasteiger partial charge in [-0.3, -0.25) is 5.43 Å². The van der Waals surface area contributed by atoms with E-state index in [0.717, 1.165) is 4.47 Å². The zero-order chi connectivity index (χ0) is 15.6. The Kier molecular flexibility index (Phi) is 4.62. The molecule has 0 aliphatic heterocycles. The lowest BCUT2D eigenvalue weighted by Crippen LogP contribution is -2.05. The summed E-state index contributed by atoms with van der Waals surface area (Å²) in [5.74, 6) is -6.04. The lowest BCUT2D eigenvalue weighted by molar-refractivity contribution is 0.458. The summed E-state index contributed by atoms with van der Waals surface area (Å²) in [6, 6.07) is 7.11. The molecule has 0 aliphatic rings. The monoisotopic (exact) mass is 360 g/mol. The number of anilines is 1. The third-order valence-corrected chi connectivity index (χ3v) is 3.24. The largest absolute Gasteiger partial charge is 0.272 e. The molecule has 0 radical (unpaired) electrons. The number of halogens is 5. The van der Waals surface area contributed by atoms with Gasteiger partial charge in [-0.25, -0.2) is 17.6 Å². The average molecular weight is 361 g/mol. The molecule has 2 aromatic carbocycles. The van der Waals surface area contributed by atoms with Crippen LogP contribution in [0.25, 0.3) is 0 Å². The highest BCUT2D eigenvalue weighted by Crippen LogP contribution is 2.24. The van der Waals surface area contributed by atoms with Crippen LogP contribution in [0.3, 0.4) is 0 Å². The van der Waals surface area contributed by atoms with Crippen LogP contribution < -0.4 is 5.43 Å². The minimum atomic E-state index is -1.53. The van der Waals surface area contributed by atoms with Crippen LogP contribution in [0, 0.1) is 23.3 Å².